The fraction of sp³-hybridized carbons (Fsp3) is 0.786. The minimum absolute atomic E-state index is 0.187. The Morgan fingerprint density at radius 2 is 2.06 bits per heavy atom. The van der Waals surface area contributed by atoms with Gasteiger partial charge in [-0.2, -0.15) is 0 Å². The molecule has 1 aliphatic rings. The SMILES string of the molecule is CCC(CC)(OC)c1nc(C)c(CNC2CC2)s1. The molecule has 0 saturated heterocycles. The van der Waals surface area contributed by atoms with Gasteiger partial charge < -0.3 is 10.1 Å². The Labute approximate surface area is 114 Å². The van der Waals surface area contributed by atoms with Gasteiger partial charge in [0.25, 0.3) is 0 Å². The molecule has 1 N–H and O–H groups in total. The van der Waals surface area contributed by atoms with Crippen molar-refractivity contribution < 1.29 is 4.74 Å². The molecule has 0 amide bonds. The van der Waals surface area contributed by atoms with Crippen LogP contribution in [0.15, 0.2) is 0 Å². The van der Waals surface area contributed by atoms with Crippen molar-refractivity contribution in [2.75, 3.05) is 7.11 Å². The molecule has 102 valence electrons. The highest BCUT2D eigenvalue weighted by Gasteiger charge is 2.32. The third-order valence-corrected chi connectivity index (χ3v) is 5.29. The third-order valence-electron chi connectivity index (χ3n) is 3.94. The van der Waals surface area contributed by atoms with Gasteiger partial charge in [-0.1, -0.05) is 13.8 Å². The van der Waals surface area contributed by atoms with Crippen LogP contribution < -0.4 is 5.32 Å². The predicted octanol–water partition coefficient (Wildman–Crippen LogP) is 3.37. The summed E-state index contributed by atoms with van der Waals surface area (Å²) in [5.74, 6) is 0. The molecule has 0 aliphatic heterocycles. The topological polar surface area (TPSA) is 34.1 Å². The van der Waals surface area contributed by atoms with Gasteiger partial charge in [-0.05, 0) is 32.6 Å². The number of hydrogen-bond donors (Lipinski definition) is 1. The van der Waals surface area contributed by atoms with E-state index in [0.717, 1.165) is 36.1 Å². The number of aryl methyl sites for hydroxylation is 1. The zero-order valence-electron chi connectivity index (χ0n) is 11.9. The highest BCUT2D eigenvalue weighted by atomic mass is 32.1. The fourth-order valence-electron chi connectivity index (χ4n) is 2.24. The molecule has 18 heavy (non-hydrogen) atoms. The second kappa shape index (κ2) is 5.68. The van der Waals surface area contributed by atoms with Crippen LogP contribution in [0.3, 0.4) is 0 Å². The van der Waals surface area contributed by atoms with Crippen LogP contribution in [-0.4, -0.2) is 18.1 Å². The van der Waals surface area contributed by atoms with Crippen LogP contribution >= 0.6 is 11.3 Å². The quantitative estimate of drug-likeness (QED) is 0.823. The van der Waals surface area contributed by atoms with E-state index in [-0.39, 0.29) is 5.60 Å². The number of thiazole rings is 1. The summed E-state index contributed by atoms with van der Waals surface area (Å²) < 4.78 is 5.76. The molecule has 1 fully saturated rings. The molecule has 0 spiro atoms. The maximum Gasteiger partial charge on any atom is 0.125 e. The molecule has 0 atom stereocenters. The van der Waals surface area contributed by atoms with E-state index in [4.69, 9.17) is 9.72 Å². The van der Waals surface area contributed by atoms with E-state index in [1.807, 2.05) is 11.3 Å². The van der Waals surface area contributed by atoms with Crippen molar-refractivity contribution in [1.82, 2.24) is 10.3 Å². The normalized spacial score (nSPS) is 16.2. The molecule has 0 unspecified atom stereocenters. The molecule has 1 aromatic rings. The maximum absolute atomic E-state index is 5.76. The molecular formula is C14H24N2OS. The largest absolute Gasteiger partial charge is 0.371 e. The molecule has 1 saturated carbocycles. The van der Waals surface area contributed by atoms with Crippen molar-refractivity contribution in [3.05, 3.63) is 15.6 Å². The van der Waals surface area contributed by atoms with E-state index in [1.54, 1.807) is 7.11 Å². The molecule has 0 aromatic carbocycles. The number of methoxy groups -OCH3 is 1. The maximum atomic E-state index is 5.76. The summed E-state index contributed by atoms with van der Waals surface area (Å²) >= 11 is 1.81. The molecule has 0 bridgehead atoms. The van der Waals surface area contributed by atoms with Crippen LogP contribution in [0.1, 0.15) is 55.1 Å². The molecular weight excluding hydrogens is 244 g/mol. The van der Waals surface area contributed by atoms with Crippen molar-refractivity contribution in [1.29, 1.82) is 0 Å². The summed E-state index contributed by atoms with van der Waals surface area (Å²) in [5, 5.41) is 4.70. The van der Waals surface area contributed by atoms with Crippen LogP contribution in [0.4, 0.5) is 0 Å². The van der Waals surface area contributed by atoms with E-state index in [1.165, 1.54) is 17.7 Å². The lowest BCUT2D eigenvalue weighted by molar-refractivity contribution is -0.0219. The average Bonchev–Trinajstić information content (AvgIpc) is 3.14. The van der Waals surface area contributed by atoms with Gasteiger partial charge in [0, 0.05) is 24.6 Å². The second-order valence-corrected chi connectivity index (χ2v) is 6.17. The van der Waals surface area contributed by atoms with Gasteiger partial charge >= 0.3 is 0 Å². The minimum Gasteiger partial charge on any atom is -0.371 e. The van der Waals surface area contributed by atoms with Crippen LogP contribution in [0.5, 0.6) is 0 Å². The van der Waals surface area contributed by atoms with Crippen molar-refractivity contribution >= 4 is 11.3 Å². The summed E-state index contributed by atoms with van der Waals surface area (Å²) in [4.78, 5) is 6.11. The first-order valence-corrected chi connectivity index (χ1v) is 7.72. The van der Waals surface area contributed by atoms with E-state index in [2.05, 4.69) is 26.1 Å². The number of hydrogen-bond acceptors (Lipinski definition) is 4. The van der Waals surface area contributed by atoms with E-state index >= 15 is 0 Å². The van der Waals surface area contributed by atoms with Crippen molar-refractivity contribution in [3.8, 4) is 0 Å². The van der Waals surface area contributed by atoms with Gasteiger partial charge in [0.15, 0.2) is 0 Å². The summed E-state index contributed by atoms with van der Waals surface area (Å²) in [6, 6.07) is 0.750. The van der Waals surface area contributed by atoms with Gasteiger partial charge in [0.2, 0.25) is 0 Å². The van der Waals surface area contributed by atoms with Crippen molar-refractivity contribution in [2.45, 2.75) is 64.6 Å². The summed E-state index contributed by atoms with van der Waals surface area (Å²) in [6.45, 7) is 7.41. The van der Waals surface area contributed by atoms with E-state index < -0.39 is 0 Å². The number of aromatic nitrogens is 1. The molecule has 1 aromatic heterocycles. The smallest absolute Gasteiger partial charge is 0.125 e. The highest BCUT2D eigenvalue weighted by molar-refractivity contribution is 7.11. The standard InChI is InChI=1S/C14H24N2OS/c1-5-14(6-2,17-4)13-16-10(3)12(18-13)9-15-11-7-8-11/h11,15H,5-9H2,1-4H3. The first-order valence-electron chi connectivity index (χ1n) is 6.90. The van der Waals surface area contributed by atoms with Gasteiger partial charge in [-0.3, -0.25) is 0 Å². The van der Waals surface area contributed by atoms with E-state index in [0.29, 0.717) is 0 Å². The summed E-state index contributed by atoms with van der Waals surface area (Å²) in [5.41, 5.74) is 0.972. The summed E-state index contributed by atoms with van der Waals surface area (Å²) in [7, 11) is 1.80. The van der Waals surface area contributed by atoms with Crippen LogP contribution in [0.25, 0.3) is 0 Å². The predicted molar refractivity (Wildman–Crippen MR) is 76.0 cm³/mol. The monoisotopic (exact) mass is 268 g/mol. The minimum atomic E-state index is -0.187. The Bertz CT molecular complexity index is 386. The van der Waals surface area contributed by atoms with Crippen LogP contribution in [-0.2, 0) is 16.9 Å². The molecule has 4 heteroatoms. The first kappa shape index (κ1) is 14.0. The number of ether oxygens (including phenoxy) is 1. The van der Waals surface area contributed by atoms with Gasteiger partial charge in [-0.15, -0.1) is 11.3 Å². The average molecular weight is 268 g/mol. The Hall–Kier alpha value is -0.450. The van der Waals surface area contributed by atoms with Crippen molar-refractivity contribution in [2.24, 2.45) is 0 Å². The van der Waals surface area contributed by atoms with Gasteiger partial charge in [-0.25, -0.2) is 4.98 Å². The Balaban J connectivity index is 2.14. The zero-order valence-corrected chi connectivity index (χ0v) is 12.7. The molecule has 0 radical (unpaired) electrons. The lowest BCUT2D eigenvalue weighted by Gasteiger charge is -2.27. The third kappa shape index (κ3) is 2.76. The lowest BCUT2D eigenvalue weighted by Crippen LogP contribution is -2.26. The molecule has 2 rings (SSSR count). The number of nitrogens with zero attached hydrogens (tertiary/aromatic N) is 1. The lowest BCUT2D eigenvalue weighted by atomic mass is 9.98. The zero-order chi connectivity index (χ0) is 13.2. The van der Waals surface area contributed by atoms with Crippen LogP contribution in [0, 0.1) is 6.92 Å². The second-order valence-electron chi connectivity index (χ2n) is 5.09. The molecule has 3 nitrogen and oxygen atoms in total. The Kier molecular flexibility index (Phi) is 4.41. The summed E-state index contributed by atoms with van der Waals surface area (Å²) in [6.07, 6.45) is 4.61. The van der Waals surface area contributed by atoms with Crippen molar-refractivity contribution in [3.63, 3.8) is 0 Å². The first-order chi connectivity index (χ1) is 8.65. The van der Waals surface area contributed by atoms with Gasteiger partial charge in [0.05, 0.1) is 5.69 Å². The molecule has 1 heterocycles. The number of rotatable bonds is 7. The molecule has 1 aliphatic carbocycles. The highest BCUT2D eigenvalue weighted by Crippen LogP contribution is 2.36. The van der Waals surface area contributed by atoms with Crippen LogP contribution in [0.2, 0.25) is 0 Å². The number of nitrogens with one attached hydrogen (secondary N) is 1. The van der Waals surface area contributed by atoms with Gasteiger partial charge in [0.1, 0.15) is 10.6 Å². The van der Waals surface area contributed by atoms with E-state index in [9.17, 15) is 0 Å². The Morgan fingerprint density at radius 3 is 2.56 bits per heavy atom. The Morgan fingerprint density at radius 1 is 1.39 bits per heavy atom. The fourth-order valence-corrected chi connectivity index (χ4v) is 3.56.